The van der Waals surface area contributed by atoms with Crippen LogP contribution in [0.3, 0.4) is 0 Å². The van der Waals surface area contributed by atoms with Crippen molar-refractivity contribution in [3.8, 4) is 5.75 Å². The van der Waals surface area contributed by atoms with Crippen molar-refractivity contribution in [2.75, 3.05) is 0 Å². The van der Waals surface area contributed by atoms with Crippen LogP contribution in [0.15, 0.2) is 78.9 Å². The van der Waals surface area contributed by atoms with E-state index in [1.165, 1.54) is 22.3 Å². The number of ether oxygens (including phenoxy) is 1. The smallest absolute Gasteiger partial charge is 0.335 e. The van der Waals surface area contributed by atoms with Gasteiger partial charge in [-0.3, -0.25) is 0 Å². The molecule has 146 valence electrons. The number of carboxylic acid groups (broad SMARTS) is 1. The fourth-order valence-corrected chi connectivity index (χ4v) is 3.80. The van der Waals surface area contributed by atoms with Gasteiger partial charge in [0.25, 0.3) is 0 Å². The quantitative estimate of drug-likeness (QED) is 0.580. The maximum absolute atomic E-state index is 11.0. The summed E-state index contributed by atoms with van der Waals surface area (Å²) in [6, 6.07) is 23.6. The van der Waals surface area contributed by atoms with Crippen molar-refractivity contribution < 1.29 is 14.6 Å². The van der Waals surface area contributed by atoms with Crippen molar-refractivity contribution >= 4 is 11.5 Å². The SMILES string of the molecule is CC1(C)CC=C(c2ccccc2)c2cc(OCc3ccc(C(=O)O)cc3)ccc21. The number of aromatic carboxylic acids is 1. The normalized spacial score (nSPS) is 14.6. The minimum atomic E-state index is -0.921. The molecule has 0 aliphatic heterocycles. The third-order valence-electron chi connectivity index (χ3n) is 5.52. The van der Waals surface area contributed by atoms with E-state index in [1.54, 1.807) is 24.3 Å². The van der Waals surface area contributed by atoms with Crippen molar-refractivity contribution in [3.05, 3.63) is 107 Å². The first-order valence-corrected chi connectivity index (χ1v) is 9.79. The van der Waals surface area contributed by atoms with Gasteiger partial charge in [-0.2, -0.15) is 0 Å². The lowest BCUT2D eigenvalue weighted by Gasteiger charge is -2.32. The van der Waals surface area contributed by atoms with Crippen molar-refractivity contribution in [1.82, 2.24) is 0 Å². The summed E-state index contributed by atoms with van der Waals surface area (Å²) >= 11 is 0. The number of fused-ring (bicyclic) bond motifs is 1. The number of allylic oxidation sites excluding steroid dienone is 1. The van der Waals surface area contributed by atoms with Crippen LogP contribution in [0.2, 0.25) is 0 Å². The highest BCUT2D eigenvalue weighted by Gasteiger charge is 2.28. The summed E-state index contributed by atoms with van der Waals surface area (Å²) in [5.41, 5.74) is 6.30. The lowest BCUT2D eigenvalue weighted by molar-refractivity contribution is 0.0697. The highest BCUT2D eigenvalue weighted by Crippen LogP contribution is 2.42. The zero-order valence-corrected chi connectivity index (χ0v) is 16.7. The fraction of sp³-hybridized carbons (Fsp3) is 0.192. The van der Waals surface area contributed by atoms with E-state index in [0.717, 1.165) is 17.7 Å². The average molecular weight is 384 g/mol. The standard InChI is InChI=1S/C26H24O3/c1-26(2)15-14-22(19-6-4-3-5-7-19)23-16-21(12-13-24(23)26)29-17-18-8-10-20(11-9-18)25(27)28/h3-14,16H,15,17H2,1-2H3,(H,27,28). The topological polar surface area (TPSA) is 46.5 Å². The lowest BCUT2D eigenvalue weighted by atomic mass is 9.72. The lowest BCUT2D eigenvalue weighted by Crippen LogP contribution is -2.21. The minimum Gasteiger partial charge on any atom is -0.489 e. The summed E-state index contributed by atoms with van der Waals surface area (Å²) in [6.07, 6.45) is 3.33. The van der Waals surface area contributed by atoms with Crippen molar-refractivity contribution in [2.24, 2.45) is 0 Å². The Balaban J connectivity index is 1.61. The van der Waals surface area contributed by atoms with E-state index in [1.807, 2.05) is 12.1 Å². The first kappa shape index (κ1) is 19.0. The van der Waals surface area contributed by atoms with Crippen LogP contribution in [0.25, 0.3) is 5.57 Å². The Morgan fingerprint density at radius 2 is 1.72 bits per heavy atom. The second-order valence-corrected chi connectivity index (χ2v) is 8.07. The molecule has 3 aromatic rings. The molecule has 0 aromatic heterocycles. The van der Waals surface area contributed by atoms with Gasteiger partial charge in [-0.25, -0.2) is 4.79 Å². The fourth-order valence-electron chi connectivity index (χ4n) is 3.80. The van der Waals surface area contributed by atoms with Crippen LogP contribution >= 0.6 is 0 Å². The van der Waals surface area contributed by atoms with Crippen molar-refractivity contribution in [3.63, 3.8) is 0 Å². The van der Waals surface area contributed by atoms with Crippen LogP contribution in [-0.4, -0.2) is 11.1 Å². The Kier molecular flexibility index (Phi) is 4.98. The maximum atomic E-state index is 11.0. The molecule has 0 radical (unpaired) electrons. The largest absolute Gasteiger partial charge is 0.489 e. The van der Waals surface area contributed by atoms with E-state index in [9.17, 15) is 4.79 Å². The van der Waals surface area contributed by atoms with Gasteiger partial charge in [0.1, 0.15) is 12.4 Å². The summed E-state index contributed by atoms with van der Waals surface area (Å²) in [5, 5.41) is 9.02. The Labute approximate surface area is 171 Å². The van der Waals surface area contributed by atoms with Gasteiger partial charge in [0.15, 0.2) is 0 Å². The Morgan fingerprint density at radius 1 is 1.00 bits per heavy atom. The van der Waals surface area contributed by atoms with Crippen LogP contribution < -0.4 is 4.74 Å². The van der Waals surface area contributed by atoms with Crippen molar-refractivity contribution in [2.45, 2.75) is 32.3 Å². The number of hydrogen-bond donors (Lipinski definition) is 1. The summed E-state index contributed by atoms with van der Waals surface area (Å²) < 4.78 is 6.04. The highest BCUT2D eigenvalue weighted by atomic mass is 16.5. The molecule has 0 heterocycles. The van der Waals surface area contributed by atoms with Gasteiger partial charge in [-0.15, -0.1) is 0 Å². The molecule has 0 unspecified atom stereocenters. The number of carbonyl (C=O) groups is 1. The Hall–Kier alpha value is -3.33. The summed E-state index contributed by atoms with van der Waals surface area (Å²) in [5.74, 6) is -0.111. The molecule has 4 rings (SSSR count). The van der Waals surface area contributed by atoms with Crippen LogP contribution in [0.4, 0.5) is 0 Å². The molecule has 0 spiro atoms. The summed E-state index contributed by atoms with van der Waals surface area (Å²) in [6.45, 7) is 4.94. The average Bonchev–Trinajstić information content (AvgIpc) is 2.73. The van der Waals surface area contributed by atoms with Gasteiger partial charge in [0, 0.05) is 0 Å². The van der Waals surface area contributed by atoms with Gasteiger partial charge in [0.2, 0.25) is 0 Å². The molecule has 0 bridgehead atoms. The van der Waals surface area contributed by atoms with E-state index < -0.39 is 5.97 Å². The second-order valence-electron chi connectivity index (χ2n) is 8.07. The van der Waals surface area contributed by atoms with Crippen LogP contribution in [0.1, 0.15) is 52.9 Å². The molecule has 1 N–H and O–H groups in total. The molecule has 29 heavy (non-hydrogen) atoms. The molecule has 0 fully saturated rings. The highest BCUT2D eigenvalue weighted by molar-refractivity contribution is 5.87. The van der Waals surface area contributed by atoms with Crippen molar-refractivity contribution in [1.29, 1.82) is 0 Å². The second kappa shape index (κ2) is 7.59. The molecule has 0 amide bonds. The molecular weight excluding hydrogens is 360 g/mol. The number of benzene rings is 3. The van der Waals surface area contributed by atoms with E-state index in [4.69, 9.17) is 9.84 Å². The molecule has 3 nitrogen and oxygen atoms in total. The molecule has 0 atom stereocenters. The molecule has 1 aliphatic rings. The van der Waals surface area contributed by atoms with E-state index in [2.05, 4.69) is 56.3 Å². The first-order chi connectivity index (χ1) is 13.9. The third kappa shape index (κ3) is 3.95. The molecule has 3 heteroatoms. The summed E-state index contributed by atoms with van der Waals surface area (Å²) in [7, 11) is 0. The van der Waals surface area contributed by atoms with Gasteiger partial charge in [-0.1, -0.05) is 68.5 Å². The zero-order chi connectivity index (χ0) is 20.4. The molecular formula is C26H24O3. The number of carboxylic acids is 1. The van der Waals surface area contributed by atoms with Gasteiger partial charge < -0.3 is 9.84 Å². The molecule has 3 aromatic carbocycles. The van der Waals surface area contributed by atoms with Crippen LogP contribution in [-0.2, 0) is 12.0 Å². The first-order valence-electron chi connectivity index (χ1n) is 9.79. The van der Waals surface area contributed by atoms with Gasteiger partial charge in [-0.05, 0) is 63.9 Å². The van der Waals surface area contributed by atoms with Gasteiger partial charge >= 0.3 is 5.97 Å². The van der Waals surface area contributed by atoms with E-state index in [0.29, 0.717) is 6.61 Å². The molecule has 1 aliphatic carbocycles. The van der Waals surface area contributed by atoms with Crippen LogP contribution in [0, 0.1) is 0 Å². The van der Waals surface area contributed by atoms with Gasteiger partial charge in [0.05, 0.1) is 5.56 Å². The number of hydrogen-bond acceptors (Lipinski definition) is 2. The predicted molar refractivity (Wildman–Crippen MR) is 115 cm³/mol. The maximum Gasteiger partial charge on any atom is 0.335 e. The third-order valence-corrected chi connectivity index (χ3v) is 5.52. The minimum absolute atomic E-state index is 0.0821. The monoisotopic (exact) mass is 384 g/mol. The van der Waals surface area contributed by atoms with E-state index >= 15 is 0 Å². The summed E-state index contributed by atoms with van der Waals surface area (Å²) in [4.78, 5) is 11.0. The Morgan fingerprint density at radius 3 is 2.41 bits per heavy atom. The van der Waals surface area contributed by atoms with E-state index in [-0.39, 0.29) is 11.0 Å². The van der Waals surface area contributed by atoms with Crippen LogP contribution in [0.5, 0.6) is 5.75 Å². The predicted octanol–water partition coefficient (Wildman–Crippen LogP) is 6.08. The number of rotatable bonds is 5. The molecule has 0 saturated carbocycles. The Bertz CT molecular complexity index is 1060. The molecule has 0 saturated heterocycles. The zero-order valence-electron chi connectivity index (χ0n) is 16.7.